The molecule has 148 valence electrons. The van der Waals surface area contributed by atoms with Crippen LogP contribution in [0.3, 0.4) is 0 Å². The van der Waals surface area contributed by atoms with Crippen molar-refractivity contribution in [2.75, 3.05) is 19.6 Å². The fourth-order valence-corrected chi connectivity index (χ4v) is 4.96. The van der Waals surface area contributed by atoms with E-state index in [1.165, 1.54) is 6.07 Å². The van der Waals surface area contributed by atoms with Crippen LogP contribution in [-0.2, 0) is 10.2 Å². The summed E-state index contributed by atoms with van der Waals surface area (Å²) in [6.07, 6.45) is 6.34. The van der Waals surface area contributed by atoms with Gasteiger partial charge in [-0.15, -0.1) is 0 Å². The third-order valence-corrected chi connectivity index (χ3v) is 6.32. The molecule has 1 atom stereocenters. The number of piperidine rings is 1. The van der Waals surface area contributed by atoms with Crippen molar-refractivity contribution in [3.05, 3.63) is 59.2 Å². The molecule has 5 nitrogen and oxygen atoms in total. The first-order valence-corrected chi connectivity index (χ1v) is 10.0. The van der Waals surface area contributed by atoms with Crippen molar-refractivity contribution in [2.24, 2.45) is 0 Å². The van der Waals surface area contributed by atoms with Crippen molar-refractivity contribution in [3.8, 4) is 0 Å². The Bertz CT molecular complexity index is 870. The molecule has 1 fully saturated rings. The van der Waals surface area contributed by atoms with E-state index in [0.717, 1.165) is 30.4 Å². The zero-order valence-corrected chi connectivity index (χ0v) is 16.1. The monoisotopic (exact) mass is 383 g/mol. The van der Waals surface area contributed by atoms with Gasteiger partial charge >= 0.3 is 0 Å². The number of carbonyl (C=O) groups excluding carboxylic acids is 2. The lowest BCUT2D eigenvalue weighted by Crippen LogP contribution is -2.44. The summed E-state index contributed by atoms with van der Waals surface area (Å²) in [6.45, 7) is 3.82. The van der Waals surface area contributed by atoms with Crippen LogP contribution >= 0.6 is 0 Å². The van der Waals surface area contributed by atoms with E-state index in [-0.39, 0.29) is 29.0 Å². The number of aromatic amines is 1. The van der Waals surface area contributed by atoms with Gasteiger partial charge in [-0.2, -0.15) is 0 Å². The number of rotatable bonds is 4. The first-order chi connectivity index (χ1) is 13.5. The number of halogens is 1. The van der Waals surface area contributed by atoms with Gasteiger partial charge in [0.25, 0.3) is 5.91 Å². The van der Waals surface area contributed by atoms with Gasteiger partial charge < -0.3 is 15.2 Å². The summed E-state index contributed by atoms with van der Waals surface area (Å²) in [5.74, 6) is -0.0518. The number of fused-ring (bicyclic) bond motifs is 2. The molecule has 6 heteroatoms. The van der Waals surface area contributed by atoms with Crippen LogP contribution in [-0.4, -0.2) is 41.3 Å². The predicted octanol–water partition coefficient (Wildman–Crippen LogP) is 3.34. The SMILES string of the molecule is CCNC(=O)CC1CC2(CCN(C(=O)c3cc[nH]c3)CC2)c2cc(F)ccc21. The number of H-pyrrole nitrogens is 1. The summed E-state index contributed by atoms with van der Waals surface area (Å²) in [5, 5.41) is 2.87. The molecule has 2 amide bonds. The van der Waals surface area contributed by atoms with E-state index in [2.05, 4.69) is 10.3 Å². The Hall–Kier alpha value is -2.63. The second-order valence-corrected chi connectivity index (χ2v) is 7.96. The Morgan fingerprint density at radius 3 is 2.75 bits per heavy atom. The number of amides is 2. The summed E-state index contributed by atoms with van der Waals surface area (Å²) >= 11 is 0. The number of carbonyl (C=O) groups is 2. The Morgan fingerprint density at radius 2 is 2.07 bits per heavy atom. The van der Waals surface area contributed by atoms with E-state index in [1.807, 2.05) is 17.9 Å². The van der Waals surface area contributed by atoms with Crippen LogP contribution in [0.5, 0.6) is 0 Å². The van der Waals surface area contributed by atoms with Crippen LogP contribution in [0.2, 0.25) is 0 Å². The van der Waals surface area contributed by atoms with Crippen molar-refractivity contribution < 1.29 is 14.0 Å². The van der Waals surface area contributed by atoms with Crippen molar-refractivity contribution in [2.45, 2.75) is 43.9 Å². The number of nitrogens with zero attached hydrogens (tertiary/aromatic N) is 1. The lowest BCUT2D eigenvalue weighted by Gasteiger charge is -2.40. The van der Waals surface area contributed by atoms with E-state index in [0.29, 0.717) is 31.6 Å². The fourth-order valence-electron chi connectivity index (χ4n) is 4.96. The minimum Gasteiger partial charge on any atom is -0.367 e. The topological polar surface area (TPSA) is 65.2 Å². The largest absolute Gasteiger partial charge is 0.367 e. The summed E-state index contributed by atoms with van der Waals surface area (Å²) in [5.41, 5.74) is 2.65. The molecular weight excluding hydrogens is 357 g/mol. The summed E-state index contributed by atoms with van der Waals surface area (Å²) < 4.78 is 14.1. The molecule has 2 aliphatic rings. The highest BCUT2D eigenvalue weighted by molar-refractivity contribution is 5.94. The van der Waals surface area contributed by atoms with Gasteiger partial charge in [0.2, 0.25) is 5.91 Å². The maximum absolute atomic E-state index is 14.1. The van der Waals surface area contributed by atoms with Crippen LogP contribution in [0.1, 0.15) is 60.0 Å². The highest BCUT2D eigenvalue weighted by atomic mass is 19.1. The molecule has 2 N–H and O–H groups in total. The van der Waals surface area contributed by atoms with Crippen LogP contribution in [0.25, 0.3) is 0 Å². The van der Waals surface area contributed by atoms with Gasteiger partial charge in [0.05, 0.1) is 5.56 Å². The van der Waals surface area contributed by atoms with E-state index < -0.39 is 0 Å². The fraction of sp³-hybridized carbons (Fsp3) is 0.455. The normalized spacial score (nSPS) is 20.2. The van der Waals surface area contributed by atoms with E-state index in [4.69, 9.17) is 0 Å². The molecule has 1 spiro atoms. The van der Waals surface area contributed by atoms with E-state index in [1.54, 1.807) is 24.5 Å². The second kappa shape index (κ2) is 7.41. The number of hydrogen-bond acceptors (Lipinski definition) is 2. The van der Waals surface area contributed by atoms with E-state index >= 15 is 0 Å². The Morgan fingerprint density at radius 1 is 1.29 bits per heavy atom. The third kappa shape index (κ3) is 3.32. The molecule has 28 heavy (non-hydrogen) atoms. The van der Waals surface area contributed by atoms with Crippen molar-refractivity contribution in [1.29, 1.82) is 0 Å². The molecule has 0 bridgehead atoms. The van der Waals surface area contributed by atoms with E-state index in [9.17, 15) is 14.0 Å². The zero-order valence-electron chi connectivity index (χ0n) is 16.1. The first-order valence-electron chi connectivity index (χ1n) is 10.0. The molecule has 2 aromatic rings. The molecule has 0 saturated carbocycles. The molecule has 1 aliphatic carbocycles. The third-order valence-electron chi connectivity index (χ3n) is 6.32. The number of likely N-dealkylation sites (tertiary alicyclic amines) is 1. The summed E-state index contributed by atoms with van der Waals surface area (Å²) in [4.78, 5) is 29.6. The van der Waals surface area contributed by atoms with Gasteiger partial charge in [-0.25, -0.2) is 4.39 Å². The number of benzene rings is 1. The lowest BCUT2D eigenvalue weighted by molar-refractivity contribution is -0.121. The van der Waals surface area contributed by atoms with Crippen LogP contribution in [0, 0.1) is 5.82 Å². The maximum Gasteiger partial charge on any atom is 0.255 e. The van der Waals surface area contributed by atoms with Gasteiger partial charge in [0.1, 0.15) is 5.82 Å². The number of nitrogens with one attached hydrogen (secondary N) is 2. The number of aromatic nitrogens is 1. The van der Waals surface area contributed by atoms with Gasteiger partial charge in [0, 0.05) is 38.4 Å². The minimum atomic E-state index is -0.234. The quantitative estimate of drug-likeness (QED) is 0.850. The number of hydrogen-bond donors (Lipinski definition) is 2. The molecule has 1 aromatic carbocycles. The standard InChI is InChI=1S/C22H26FN3O2/c1-2-25-20(27)11-16-13-22(19-12-17(23)3-4-18(16)19)6-9-26(10-7-22)21(28)15-5-8-24-14-15/h3-5,8,12,14,16,24H,2,6-7,9-11,13H2,1H3,(H,25,27). The Balaban J connectivity index is 1.54. The van der Waals surface area contributed by atoms with Crippen molar-refractivity contribution in [1.82, 2.24) is 15.2 Å². The van der Waals surface area contributed by atoms with Gasteiger partial charge in [0.15, 0.2) is 0 Å². The molecule has 1 aromatic heterocycles. The highest BCUT2D eigenvalue weighted by Gasteiger charge is 2.46. The average Bonchev–Trinajstić information content (AvgIpc) is 3.30. The van der Waals surface area contributed by atoms with Gasteiger partial charge in [-0.3, -0.25) is 9.59 Å². The molecule has 4 rings (SSSR count). The predicted molar refractivity (Wildman–Crippen MR) is 105 cm³/mol. The average molecular weight is 383 g/mol. The van der Waals surface area contributed by atoms with Crippen LogP contribution in [0.15, 0.2) is 36.7 Å². The first kappa shape index (κ1) is 18.7. The second-order valence-electron chi connectivity index (χ2n) is 7.96. The van der Waals surface area contributed by atoms with Gasteiger partial charge in [-0.1, -0.05) is 6.07 Å². The minimum absolute atomic E-state index is 0.0347. The Labute approximate surface area is 164 Å². The lowest BCUT2D eigenvalue weighted by atomic mass is 9.73. The van der Waals surface area contributed by atoms with Crippen LogP contribution < -0.4 is 5.32 Å². The van der Waals surface area contributed by atoms with Gasteiger partial charge in [-0.05, 0) is 66.8 Å². The highest BCUT2D eigenvalue weighted by Crippen LogP contribution is 2.53. The molecule has 0 radical (unpaired) electrons. The molecule has 2 heterocycles. The molecule has 1 aliphatic heterocycles. The summed E-state index contributed by atoms with van der Waals surface area (Å²) in [7, 11) is 0. The summed E-state index contributed by atoms with van der Waals surface area (Å²) in [6, 6.07) is 6.78. The Kier molecular flexibility index (Phi) is 4.96. The smallest absolute Gasteiger partial charge is 0.255 e. The zero-order chi connectivity index (χ0) is 19.7. The molecule has 1 unspecified atom stereocenters. The van der Waals surface area contributed by atoms with Crippen molar-refractivity contribution >= 4 is 11.8 Å². The van der Waals surface area contributed by atoms with Crippen molar-refractivity contribution in [3.63, 3.8) is 0 Å². The maximum atomic E-state index is 14.1. The van der Waals surface area contributed by atoms with Crippen LogP contribution in [0.4, 0.5) is 4.39 Å². The molecular formula is C22H26FN3O2. The molecule has 1 saturated heterocycles.